The largest absolute Gasteiger partial charge is 0.398 e. The van der Waals surface area contributed by atoms with Crippen molar-refractivity contribution in [3.05, 3.63) is 60.3 Å². The normalized spacial score (nSPS) is 14.0. The average Bonchev–Trinajstić information content (AvgIpc) is 2.55. The minimum atomic E-state index is -0.0297. The number of anilines is 1. The molecule has 2 aromatic carbocycles. The lowest BCUT2D eigenvalue weighted by Gasteiger charge is -2.04. The maximum atomic E-state index is 5.99. The number of allylic oxidation sites excluding steroid dienone is 3. The second kappa shape index (κ2) is 8.10. The monoisotopic (exact) mass is 310 g/mol. The van der Waals surface area contributed by atoms with Crippen molar-refractivity contribution in [1.82, 2.24) is 5.48 Å². The van der Waals surface area contributed by atoms with Crippen LogP contribution in [0.4, 0.5) is 11.4 Å². The highest BCUT2D eigenvalue weighted by Crippen LogP contribution is 2.30. The molecule has 0 saturated heterocycles. The third kappa shape index (κ3) is 4.66. The number of nitrogens with zero attached hydrogens (tertiary/aromatic N) is 2. The Morgan fingerprint density at radius 3 is 2.70 bits per heavy atom. The van der Waals surface area contributed by atoms with Gasteiger partial charge in [-0.3, -0.25) is 10.3 Å². The van der Waals surface area contributed by atoms with E-state index in [2.05, 4.69) is 15.7 Å². The van der Waals surface area contributed by atoms with Crippen molar-refractivity contribution in [2.45, 2.75) is 19.9 Å². The topological polar surface area (TPSA) is 72.0 Å². The molecule has 3 N–H and O–H groups in total. The number of benzene rings is 2. The number of azo groups is 1. The van der Waals surface area contributed by atoms with E-state index in [1.807, 2.05) is 68.5 Å². The van der Waals surface area contributed by atoms with Crippen molar-refractivity contribution in [1.29, 1.82) is 0 Å². The second-order valence-electron chi connectivity index (χ2n) is 5.22. The molecule has 0 aliphatic carbocycles. The minimum Gasteiger partial charge on any atom is -0.398 e. The number of hydrogen-bond acceptors (Lipinski definition) is 5. The first-order chi connectivity index (χ1) is 11.1. The van der Waals surface area contributed by atoms with Crippen LogP contribution in [-0.4, -0.2) is 13.2 Å². The number of nitrogens with two attached hydrogens (primary N) is 1. The van der Waals surface area contributed by atoms with E-state index in [0.717, 1.165) is 27.8 Å². The predicted octanol–water partition coefficient (Wildman–Crippen LogP) is 4.51. The van der Waals surface area contributed by atoms with Crippen molar-refractivity contribution < 1.29 is 4.84 Å². The van der Waals surface area contributed by atoms with Gasteiger partial charge in [0.2, 0.25) is 0 Å². The molecule has 23 heavy (non-hydrogen) atoms. The van der Waals surface area contributed by atoms with Gasteiger partial charge in [-0.15, -0.1) is 0 Å². The first-order valence-electron chi connectivity index (χ1n) is 7.44. The van der Waals surface area contributed by atoms with Crippen LogP contribution >= 0.6 is 0 Å². The van der Waals surface area contributed by atoms with Crippen LogP contribution in [0.25, 0.3) is 10.8 Å². The summed E-state index contributed by atoms with van der Waals surface area (Å²) < 4.78 is 0. The molecule has 0 radical (unpaired) electrons. The summed E-state index contributed by atoms with van der Waals surface area (Å²) in [5.41, 5.74) is 11.2. The van der Waals surface area contributed by atoms with Gasteiger partial charge in [-0.25, -0.2) is 0 Å². The Bertz CT molecular complexity index is 750. The Hall–Kier alpha value is -2.66. The molecule has 2 aromatic rings. The quantitative estimate of drug-likeness (QED) is 0.357. The molecule has 120 valence electrons. The summed E-state index contributed by atoms with van der Waals surface area (Å²) in [6.45, 7) is 3.90. The van der Waals surface area contributed by atoms with E-state index in [1.54, 1.807) is 7.11 Å². The third-order valence-corrected chi connectivity index (χ3v) is 3.28. The van der Waals surface area contributed by atoms with E-state index in [0.29, 0.717) is 0 Å². The lowest BCUT2D eigenvalue weighted by Crippen LogP contribution is -2.07. The van der Waals surface area contributed by atoms with Gasteiger partial charge in [-0.2, -0.15) is 10.2 Å². The van der Waals surface area contributed by atoms with Crippen LogP contribution in [0.2, 0.25) is 0 Å². The Balaban J connectivity index is 2.13. The fourth-order valence-corrected chi connectivity index (χ4v) is 2.14. The second-order valence-corrected chi connectivity index (χ2v) is 5.22. The lowest BCUT2D eigenvalue weighted by atomic mass is 10.1. The summed E-state index contributed by atoms with van der Waals surface area (Å²) in [5.74, 6) is 0. The molecule has 0 aliphatic rings. The number of nitrogen functional groups attached to an aromatic ring is 1. The zero-order chi connectivity index (χ0) is 16.7. The Morgan fingerprint density at radius 1 is 1.22 bits per heavy atom. The first kappa shape index (κ1) is 16.7. The van der Waals surface area contributed by atoms with Crippen molar-refractivity contribution >= 4 is 22.1 Å². The predicted molar refractivity (Wildman–Crippen MR) is 95.4 cm³/mol. The molecular weight excluding hydrogens is 288 g/mol. The van der Waals surface area contributed by atoms with Crippen LogP contribution in [-0.2, 0) is 4.84 Å². The maximum Gasteiger partial charge on any atom is 0.0932 e. The summed E-state index contributed by atoms with van der Waals surface area (Å²) in [7, 11) is 1.58. The molecular formula is C18H22N4O. The highest BCUT2D eigenvalue weighted by Gasteiger charge is 2.02. The molecule has 0 fully saturated rings. The van der Waals surface area contributed by atoms with E-state index in [1.165, 1.54) is 0 Å². The molecule has 0 aliphatic heterocycles. The van der Waals surface area contributed by atoms with Gasteiger partial charge in [0.15, 0.2) is 0 Å². The van der Waals surface area contributed by atoms with E-state index in [4.69, 9.17) is 10.6 Å². The third-order valence-electron chi connectivity index (χ3n) is 3.28. The zero-order valence-electron chi connectivity index (χ0n) is 13.7. The van der Waals surface area contributed by atoms with Crippen LogP contribution in [0.15, 0.2) is 70.6 Å². The highest BCUT2D eigenvalue weighted by atomic mass is 16.6. The summed E-state index contributed by atoms with van der Waals surface area (Å²) in [5, 5.41) is 10.7. The molecule has 0 aromatic heterocycles. The van der Waals surface area contributed by atoms with Crippen molar-refractivity contribution in [2.75, 3.05) is 12.8 Å². The van der Waals surface area contributed by atoms with Gasteiger partial charge in [0.05, 0.1) is 18.8 Å². The van der Waals surface area contributed by atoms with Gasteiger partial charge in [-0.05, 0) is 32.1 Å². The summed E-state index contributed by atoms with van der Waals surface area (Å²) in [6.07, 6.45) is 5.80. The number of rotatable bonds is 6. The van der Waals surface area contributed by atoms with Gasteiger partial charge in [0, 0.05) is 22.2 Å². The molecule has 0 spiro atoms. The van der Waals surface area contributed by atoms with Crippen molar-refractivity contribution in [3.63, 3.8) is 0 Å². The molecule has 0 saturated carbocycles. The molecule has 0 heterocycles. The number of hydroxylamine groups is 1. The smallest absolute Gasteiger partial charge is 0.0932 e. The zero-order valence-corrected chi connectivity index (χ0v) is 13.7. The van der Waals surface area contributed by atoms with Gasteiger partial charge in [0.25, 0.3) is 0 Å². The van der Waals surface area contributed by atoms with Gasteiger partial charge in [0.1, 0.15) is 0 Å². The van der Waals surface area contributed by atoms with E-state index >= 15 is 0 Å². The minimum absolute atomic E-state index is 0.0297. The first-order valence-corrected chi connectivity index (χ1v) is 7.44. The van der Waals surface area contributed by atoms with E-state index < -0.39 is 0 Å². The Kier molecular flexibility index (Phi) is 5.88. The maximum absolute atomic E-state index is 5.99. The van der Waals surface area contributed by atoms with E-state index in [-0.39, 0.29) is 6.04 Å². The van der Waals surface area contributed by atoms with Crippen LogP contribution < -0.4 is 11.2 Å². The van der Waals surface area contributed by atoms with Gasteiger partial charge in [-0.1, -0.05) is 36.4 Å². The molecule has 1 atom stereocenters. The van der Waals surface area contributed by atoms with Gasteiger partial charge >= 0.3 is 0 Å². The average molecular weight is 310 g/mol. The van der Waals surface area contributed by atoms with Crippen LogP contribution in [0.3, 0.4) is 0 Å². The lowest BCUT2D eigenvalue weighted by molar-refractivity contribution is 0.118. The Labute approximate surface area is 136 Å². The summed E-state index contributed by atoms with van der Waals surface area (Å²) in [6, 6.07) is 11.7. The Morgan fingerprint density at radius 2 is 1.96 bits per heavy atom. The van der Waals surface area contributed by atoms with E-state index in [9.17, 15) is 0 Å². The standard InChI is InChI=1S/C18H22N4O/c1-13(7-6-8-14(2)22-23-3)20-21-18-12-11-17(19)15-9-4-5-10-16(15)18/h4-13,22H,19H2,1-3H3/b7-6-,14-8-,21-20?. The fraction of sp³-hybridized carbons (Fsp3) is 0.222. The highest BCUT2D eigenvalue weighted by molar-refractivity contribution is 5.99. The van der Waals surface area contributed by atoms with Gasteiger partial charge < -0.3 is 5.73 Å². The number of nitrogens with one attached hydrogen (secondary N) is 1. The molecule has 2 rings (SSSR count). The molecule has 5 heteroatoms. The van der Waals surface area contributed by atoms with Crippen molar-refractivity contribution in [3.8, 4) is 0 Å². The molecule has 0 bridgehead atoms. The molecule has 1 unspecified atom stereocenters. The number of fused-ring (bicyclic) bond motifs is 1. The SMILES string of the molecule is CON/C(C)=C\C=C/C(C)N=Nc1ccc(N)c2ccccc12. The van der Waals surface area contributed by atoms with Crippen LogP contribution in [0.1, 0.15) is 13.8 Å². The summed E-state index contributed by atoms with van der Waals surface area (Å²) >= 11 is 0. The molecule has 5 nitrogen and oxygen atoms in total. The van der Waals surface area contributed by atoms with Crippen LogP contribution in [0, 0.1) is 0 Å². The molecule has 0 amide bonds. The summed E-state index contributed by atoms with van der Waals surface area (Å²) in [4.78, 5) is 4.81. The number of hydrogen-bond donors (Lipinski definition) is 2. The van der Waals surface area contributed by atoms with Crippen molar-refractivity contribution in [2.24, 2.45) is 10.2 Å². The van der Waals surface area contributed by atoms with Crippen LogP contribution in [0.5, 0.6) is 0 Å². The fourth-order valence-electron chi connectivity index (χ4n) is 2.14.